The molecule has 3 rings (SSSR count). The first kappa shape index (κ1) is 22.0. The van der Waals surface area contributed by atoms with Gasteiger partial charge in [-0.1, -0.05) is 24.6 Å². The Hall–Kier alpha value is -2.71. The van der Waals surface area contributed by atoms with E-state index in [-0.39, 0.29) is 16.6 Å². The fourth-order valence-corrected chi connectivity index (χ4v) is 3.64. The zero-order valence-electron chi connectivity index (χ0n) is 16.5. The lowest BCUT2D eigenvalue weighted by atomic mass is 10.2. The number of nitrogens with zero attached hydrogens (tertiary/aromatic N) is 2. The van der Waals surface area contributed by atoms with Crippen LogP contribution in [0.5, 0.6) is 0 Å². The van der Waals surface area contributed by atoms with E-state index in [1.807, 2.05) is 17.9 Å². The molecule has 1 fully saturated rings. The molecule has 0 aromatic heterocycles. The smallest absolute Gasteiger partial charge is 0.257 e. The number of thiocarbonyl (C=S) groups is 1. The number of amides is 2. The molecule has 0 saturated carbocycles. The van der Waals surface area contributed by atoms with Gasteiger partial charge in [-0.3, -0.25) is 14.9 Å². The van der Waals surface area contributed by atoms with Crippen molar-refractivity contribution in [2.24, 2.45) is 0 Å². The highest BCUT2D eigenvalue weighted by atomic mass is 35.5. The molecule has 1 heterocycles. The molecule has 6 nitrogen and oxygen atoms in total. The Labute approximate surface area is 185 Å². The minimum atomic E-state index is -0.512. The number of benzene rings is 2. The van der Waals surface area contributed by atoms with Gasteiger partial charge in [0.2, 0.25) is 5.91 Å². The molecule has 0 spiro atoms. The van der Waals surface area contributed by atoms with Crippen LogP contribution in [0.1, 0.15) is 23.7 Å². The molecule has 2 aromatic carbocycles. The van der Waals surface area contributed by atoms with Crippen LogP contribution in [-0.4, -0.2) is 48.0 Å². The third-order valence-electron chi connectivity index (χ3n) is 4.80. The number of hydrogen-bond donors (Lipinski definition) is 2. The second-order valence-electron chi connectivity index (χ2n) is 6.80. The Morgan fingerprint density at radius 3 is 2.53 bits per heavy atom. The number of carbonyl (C=O) groups excluding carboxylic acids is 2. The van der Waals surface area contributed by atoms with Gasteiger partial charge < -0.3 is 15.1 Å². The second kappa shape index (κ2) is 9.86. The van der Waals surface area contributed by atoms with Gasteiger partial charge in [-0.15, -0.1) is 0 Å². The van der Waals surface area contributed by atoms with E-state index >= 15 is 0 Å². The van der Waals surface area contributed by atoms with E-state index in [1.54, 1.807) is 12.1 Å². The molecule has 1 saturated heterocycles. The summed E-state index contributed by atoms with van der Waals surface area (Å²) in [7, 11) is 0. The molecule has 0 atom stereocenters. The highest BCUT2D eigenvalue weighted by Gasteiger charge is 2.22. The van der Waals surface area contributed by atoms with Crippen LogP contribution in [0.3, 0.4) is 0 Å². The first-order valence-corrected chi connectivity index (χ1v) is 10.4. The van der Waals surface area contributed by atoms with E-state index in [9.17, 15) is 14.0 Å². The fourth-order valence-electron chi connectivity index (χ4n) is 3.26. The predicted octanol–water partition coefficient (Wildman–Crippen LogP) is 3.66. The van der Waals surface area contributed by atoms with Crippen LogP contribution < -0.4 is 15.5 Å². The third-order valence-corrected chi connectivity index (χ3v) is 5.24. The molecule has 0 aliphatic carbocycles. The zero-order valence-corrected chi connectivity index (χ0v) is 18.0. The van der Waals surface area contributed by atoms with Crippen molar-refractivity contribution < 1.29 is 14.0 Å². The predicted molar refractivity (Wildman–Crippen MR) is 121 cm³/mol. The molecule has 2 N–H and O–H groups in total. The van der Waals surface area contributed by atoms with Crippen LogP contribution in [0.2, 0.25) is 5.02 Å². The van der Waals surface area contributed by atoms with E-state index < -0.39 is 11.7 Å². The minimum Gasteiger partial charge on any atom is -0.366 e. The van der Waals surface area contributed by atoms with Gasteiger partial charge in [-0.05, 0) is 48.6 Å². The van der Waals surface area contributed by atoms with Crippen LogP contribution >= 0.6 is 23.8 Å². The summed E-state index contributed by atoms with van der Waals surface area (Å²) in [6.07, 6.45) is 0.493. The quantitative estimate of drug-likeness (QED) is 0.699. The first-order valence-electron chi connectivity index (χ1n) is 9.57. The lowest BCUT2D eigenvalue weighted by molar-refractivity contribution is -0.131. The van der Waals surface area contributed by atoms with E-state index in [4.69, 9.17) is 23.8 Å². The van der Waals surface area contributed by atoms with Crippen molar-refractivity contribution in [2.75, 3.05) is 36.4 Å². The van der Waals surface area contributed by atoms with E-state index in [1.165, 1.54) is 18.2 Å². The lowest BCUT2D eigenvalue weighted by Crippen LogP contribution is -2.48. The molecule has 0 bridgehead atoms. The summed E-state index contributed by atoms with van der Waals surface area (Å²) in [5.74, 6) is -0.869. The summed E-state index contributed by atoms with van der Waals surface area (Å²) in [5, 5.41) is 6.15. The van der Waals surface area contributed by atoms with Crippen LogP contribution in [0.25, 0.3) is 0 Å². The van der Waals surface area contributed by atoms with Gasteiger partial charge in [0.1, 0.15) is 5.82 Å². The average Bonchev–Trinajstić information content (AvgIpc) is 2.73. The molecule has 0 unspecified atom stereocenters. The Morgan fingerprint density at radius 1 is 1.13 bits per heavy atom. The molecule has 0 radical (unpaired) electrons. The van der Waals surface area contributed by atoms with Crippen LogP contribution in [0.15, 0.2) is 42.5 Å². The van der Waals surface area contributed by atoms with Gasteiger partial charge in [0, 0.05) is 43.2 Å². The van der Waals surface area contributed by atoms with Gasteiger partial charge in [0.15, 0.2) is 5.11 Å². The standard InChI is InChI=1S/C21H22ClFN4O2S/c1-2-19(28)27-10-8-26(9-11-27)18-7-6-15(22)13-17(18)24-21(30)25-20(29)14-4-3-5-16(23)12-14/h3-7,12-13H,2,8-11H2,1H3,(H2,24,25,29,30). The largest absolute Gasteiger partial charge is 0.366 e. The topological polar surface area (TPSA) is 64.7 Å². The Balaban J connectivity index is 1.69. The van der Waals surface area contributed by atoms with Crippen LogP contribution in [0, 0.1) is 5.82 Å². The summed E-state index contributed by atoms with van der Waals surface area (Å²) in [6, 6.07) is 10.7. The Morgan fingerprint density at radius 2 is 1.87 bits per heavy atom. The molecule has 1 aliphatic rings. The Bertz CT molecular complexity index is 964. The maximum Gasteiger partial charge on any atom is 0.257 e. The molecular formula is C21H22ClFN4O2S. The number of carbonyl (C=O) groups is 2. The number of rotatable bonds is 4. The highest BCUT2D eigenvalue weighted by Crippen LogP contribution is 2.30. The number of anilines is 2. The average molecular weight is 449 g/mol. The van der Waals surface area contributed by atoms with Crippen molar-refractivity contribution >= 4 is 52.1 Å². The number of halogens is 2. The van der Waals surface area contributed by atoms with Crippen molar-refractivity contribution in [3.05, 3.63) is 58.9 Å². The molecular weight excluding hydrogens is 427 g/mol. The van der Waals surface area contributed by atoms with Gasteiger partial charge in [0.05, 0.1) is 11.4 Å². The molecule has 2 aromatic rings. The van der Waals surface area contributed by atoms with Crippen molar-refractivity contribution in [3.63, 3.8) is 0 Å². The van der Waals surface area contributed by atoms with Gasteiger partial charge >= 0.3 is 0 Å². The van der Waals surface area contributed by atoms with Crippen LogP contribution in [-0.2, 0) is 4.79 Å². The number of piperazine rings is 1. The summed E-state index contributed by atoms with van der Waals surface area (Å²) in [4.78, 5) is 28.2. The Kier molecular flexibility index (Phi) is 7.23. The summed E-state index contributed by atoms with van der Waals surface area (Å²) < 4.78 is 13.3. The fraction of sp³-hybridized carbons (Fsp3) is 0.286. The van der Waals surface area contributed by atoms with E-state index in [0.29, 0.717) is 43.3 Å². The molecule has 30 heavy (non-hydrogen) atoms. The van der Waals surface area contributed by atoms with Crippen LogP contribution in [0.4, 0.5) is 15.8 Å². The van der Waals surface area contributed by atoms with E-state index in [0.717, 1.165) is 11.8 Å². The second-order valence-corrected chi connectivity index (χ2v) is 7.65. The molecule has 158 valence electrons. The van der Waals surface area contributed by atoms with Crippen molar-refractivity contribution in [1.29, 1.82) is 0 Å². The number of hydrogen-bond acceptors (Lipinski definition) is 4. The summed E-state index contributed by atoms with van der Waals surface area (Å²) >= 11 is 11.4. The maximum absolute atomic E-state index is 13.3. The van der Waals surface area contributed by atoms with Crippen molar-refractivity contribution in [3.8, 4) is 0 Å². The SMILES string of the molecule is CCC(=O)N1CCN(c2ccc(Cl)cc2NC(=S)NC(=O)c2cccc(F)c2)CC1. The van der Waals surface area contributed by atoms with Gasteiger partial charge in [-0.25, -0.2) is 4.39 Å². The van der Waals surface area contributed by atoms with E-state index in [2.05, 4.69) is 15.5 Å². The lowest BCUT2D eigenvalue weighted by Gasteiger charge is -2.37. The van der Waals surface area contributed by atoms with Gasteiger partial charge in [0.25, 0.3) is 5.91 Å². The monoisotopic (exact) mass is 448 g/mol. The van der Waals surface area contributed by atoms with Gasteiger partial charge in [-0.2, -0.15) is 0 Å². The van der Waals surface area contributed by atoms with Crippen molar-refractivity contribution in [2.45, 2.75) is 13.3 Å². The number of nitrogens with one attached hydrogen (secondary N) is 2. The molecule has 1 aliphatic heterocycles. The zero-order chi connectivity index (χ0) is 21.7. The minimum absolute atomic E-state index is 0.0765. The summed E-state index contributed by atoms with van der Waals surface area (Å²) in [6.45, 7) is 4.47. The van der Waals surface area contributed by atoms with Crippen molar-refractivity contribution in [1.82, 2.24) is 10.2 Å². The first-order chi connectivity index (χ1) is 14.4. The molecule has 2 amide bonds. The maximum atomic E-state index is 13.3. The molecule has 9 heteroatoms. The third kappa shape index (κ3) is 5.46. The highest BCUT2D eigenvalue weighted by molar-refractivity contribution is 7.80. The summed E-state index contributed by atoms with van der Waals surface area (Å²) in [5.41, 5.74) is 1.68. The normalized spacial score (nSPS) is 13.7.